The summed E-state index contributed by atoms with van der Waals surface area (Å²) in [7, 11) is 0. The number of hydrogen-bond acceptors (Lipinski definition) is 3. The number of rotatable bonds is 6. The molecule has 2 rings (SSSR count). The lowest BCUT2D eigenvalue weighted by molar-refractivity contribution is -0.116. The van der Waals surface area contributed by atoms with Crippen LogP contribution in [0, 0.1) is 0 Å². The highest BCUT2D eigenvalue weighted by Crippen LogP contribution is 2.23. The van der Waals surface area contributed by atoms with Crippen molar-refractivity contribution in [2.75, 3.05) is 10.6 Å². The van der Waals surface area contributed by atoms with Gasteiger partial charge in [0.15, 0.2) is 0 Å². The predicted molar refractivity (Wildman–Crippen MR) is 83.8 cm³/mol. The second-order valence-corrected chi connectivity index (χ2v) is 5.80. The Balaban J connectivity index is 1.90. The minimum Gasteiger partial charge on any atom is -0.326 e. The van der Waals surface area contributed by atoms with Crippen LogP contribution in [0.3, 0.4) is 0 Å². The van der Waals surface area contributed by atoms with Gasteiger partial charge in [-0.3, -0.25) is 4.79 Å². The number of carbonyl (C=O) groups is 1. The van der Waals surface area contributed by atoms with E-state index in [9.17, 15) is 4.79 Å². The molecule has 0 bridgehead atoms. The molecule has 1 N–H and O–H groups in total. The largest absolute Gasteiger partial charge is 0.326 e. The monoisotopic (exact) mass is 338 g/mol. The van der Waals surface area contributed by atoms with Crippen LogP contribution < -0.4 is 5.32 Å². The summed E-state index contributed by atoms with van der Waals surface area (Å²) in [5.41, 5.74) is 1.91. The standard InChI is InChI=1S/C14H15BrN2OS/c15-8-2-1-3-13(18)17-12-6-4-11(5-7-12)14-16-9-10-19-14/h4-7,9-10H,1-3,8H2,(H,17,18). The zero-order valence-electron chi connectivity index (χ0n) is 10.4. The van der Waals surface area contributed by atoms with Gasteiger partial charge in [-0.05, 0) is 37.1 Å². The van der Waals surface area contributed by atoms with E-state index in [1.807, 2.05) is 29.6 Å². The van der Waals surface area contributed by atoms with Crippen LogP contribution in [0.15, 0.2) is 35.8 Å². The molecule has 5 heteroatoms. The van der Waals surface area contributed by atoms with Gasteiger partial charge in [0.25, 0.3) is 0 Å². The van der Waals surface area contributed by atoms with E-state index in [1.165, 1.54) is 0 Å². The maximum absolute atomic E-state index is 11.7. The predicted octanol–water partition coefficient (Wildman–Crippen LogP) is 4.31. The topological polar surface area (TPSA) is 42.0 Å². The van der Waals surface area contributed by atoms with Crippen LogP contribution in [-0.2, 0) is 4.79 Å². The Morgan fingerprint density at radius 2 is 2.05 bits per heavy atom. The highest BCUT2D eigenvalue weighted by Gasteiger charge is 2.03. The van der Waals surface area contributed by atoms with Crippen molar-refractivity contribution < 1.29 is 4.79 Å². The van der Waals surface area contributed by atoms with E-state index in [0.29, 0.717) is 6.42 Å². The number of carbonyl (C=O) groups excluding carboxylic acids is 1. The molecule has 3 nitrogen and oxygen atoms in total. The summed E-state index contributed by atoms with van der Waals surface area (Å²) in [6.45, 7) is 0. The molecule has 1 amide bonds. The van der Waals surface area contributed by atoms with Crippen molar-refractivity contribution in [3.8, 4) is 10.6 Å². The maximum atomic E-state index is 11.7. The first-order valence-electron chi connectivity index (χ1n) is 6.15. The van der Waals surface area contributed by atoms with Crippen molar-refractivity contribution in [2.24, 2.45) is 0 Å². The normalized spacial score (nSPS) is 10.4. The Hall–Kier alpha value is -1.20. The summed E-state index contributed by atoms with van der Waals surface area (Å²) < 4.78 is 0. The molecule has 0 aliphatic carbocycles. The maximum Gasteiger partial charge on any atom is 0.224 e. The van der Waals surface area contributed by atoms with Crippen LogP contribution in [0.5, 0.6) is 0 Å². The van der Waals surface area contributed by atoms with Crippen LogP contribution in [0.25, 0.3) is 10.6 Å². The van der Waals surface area contributed by atoms with Gasteiger partial charge in [-0.15, -0.1) is 11.3 Å². The Morgan fingerprint density at radius 1 is 1.26 bits per heavy atom. The smallest absolute Gasteiger partial charge is 0.224 e. The zero-order chi connectivity index (χ0) is 13.5. The fourth-order valence-electron chi connectivity index (χ4n) is 1.67. The number of anilines is 1. The van der Waals surface area contributed by atoms with Crippen molar-refractivity contribution in [3.63, 3.8) is 0 Å². The van der Waals surface area contributed by atoms with Crippen LogP contribution >= 0.6 is 27.3 Å². The molecule has 1 aromatic carbocycles. The van der Waals surface area contributed by atoms with Gasteiger partial charge in [0.2, 0.25) is 5.91 Å². The first kappa shape index (κ1) is 14.2. The summed E-state index contributed by atoms with van der Waals surface area (Å²) in [4.78, 5) is 15.9. The second kappa shape index (κ2) is 7.40. The van der Waals surface area contributed by atoms with Gasteiger partial charge < -0.3 is 5.32 Å². The van der Waals surface area contributed by atoms with Gasteiger partial charge in [-0.1, -0.05) is 15.9 Å². The molecule has 0 saturated carbocycles. The van der Waals surface area contributed by atoms with Crippen molar-refractivity contribution in [1.29, 1.82) is 0 Å². The lowest BCUT2D eigenvalue weighted by Crippen LogP contribution is -2.10. The van der Waals surface area contributed by atoms with Gasteiger partial charge in [-0.2, -0.15) is 0 Å². The van der Waals surface area contributed by atoms with Gasteiger partial charge in [-0.25, -0.2) is 4.98 Å². The first-order chi connectivity index (χ1) is 9.29. The van der Waals surface area contributed by atoms with Gasteiger partial charge in [0.1, 0.15) is 5.01 Å². The molecule has 100 valence electrons. The molecule has 0 aliphatic heterocycles. The van der Waals surface area contributed by atoms with Crippen LogP contribution in [0.4, 0.5) is 5.69 Å². The van der Waals surface area contributed by atoms with Crippen LogP contribution in [0.2, 0.25) is 0 Å². The third-order valence-corrected chi connectivity index (χ3v) is 4.02. The van der Waals surface area contributed by atoms with E-state index in [0.717, 1.165) is 34.4 Å². The second-order valence-electron chi connectivity index (χ2n) is 4.11. The van der Waals surface area contributed by atoms with Gasteiger partial charge in [0.05, 0.1) is 0 Å². The molecular formula is C14H15BrN2OS. The average Bonchev–Trinajstić information content (AvgIpc) is 2.94. The van der Waals surface area contributed by atoms with Gasteiger partial charge in [0, 0.05) is 34.6 Å². The number of unbranched alkanes of at least 4 members (excludes halogenated alkanes) is 1. The Kier molecular flexibility index (Phi) is 5.54. The molecule has 1 heterocycles. The minimum atomic E-state index is 0.0722. The summed E-state index contributed by atoms with van der Waals surface area (Å²) in [6.07, 6.45) is 4.30. The third kappa shape index (κ3) is 4.44. The number of halogens is 1. The molecule has 0 spiro atoms. The molecular weight excluding hydrogens is 324 g/mol. The highest BCUT2D eigenvalue weighted by atomic mass is 79.9. The van der Waals surface area contributed by atoms with Crippen LogP contribution in [0.1, 0.15) is 19.3 Å². The number of benzene rings is 1. The molecule has 0 unspecified atom stereocenters. The first-order valence-corrected chi connectivity index (χ1v) is 8.15. The van der Waals surface area contributed by atoms with Crippen molar-refractivity contribution in [1.82, 2.24) is 4.98 Å². The molecule has 0 atom stereocenters. The van der Waals surface area contributed by atoms with Crippen molar-refractivity contribution >= 4 is 38.9 Å². The SMILES string of the molecule is O=C(CCCCBr)Nc1ccc(-c2nccs2)cc1. The summed E-state index contributed by atoms with van der Waals surface area (Å²) >= 11 is 4.96. The lowest BCUT2D eigenvalue weighted by Gasteiger charge is -2.05. The van der Waals surface area contributed by atoms with E-state index in [1.54, 1.807) is 17.5 Å². The fraction of sp³-hybridized carbons (Fsp3) is 0.286. The van der Waals surface area contributed by atoms with Crippen LogP contribution in [-0.4, -0.2) is 16.2 Å². The van der Waals surface area contributed by atoms with E-state index >= 15 is 0 Å². The number of aromatic nitrogens is 1. The number of nitrogens with one attached hydrogen (secondary N) is 1. The Labute approximate surface area is 125 Å². The number of nitrogens with zero attached hydrogens (tertiary/aromatic N) is 1. The van der Waals surface area contributed by atoms with E-state index in [4.69, 9.17) is 0 Å². The number of thiazole rings is 1. The lowest BCUT2D eigenvalue weighted by atomic mass is 10.2. The van der Waals surface area contributed by atoms with Crippen molar-refractivity contribution in [3.05, 3.63) is 35.8 Å². The van der Waals surface area contributed by atoms with E-state index in [2.05, 4.69) is 26.2 Å². The Bertz CT molecular complexity index is 511. The van der Waals surface area contributed by atoms with Crippen molar-refractivity contribution in [2.45, 2.75) is 19.3 Å². The fourth-order valence-corrected chi connectivity index (χ4v) is 2.71. The quantitative estimate of drug-likeness (QED) is 0.629. The number of alkyl halides is 1. The zero-order valence-corrected chi connectivity index (χ0v) is 12.8. The summed E-state index contributed by atoms with van der Waals surface area (Å²) in [5.74, 6) is 0.0722. The number of hydrogen-bond donors (Lipinski definition) is 1. The van der Waals surface area contributed by atoms with E-state index < -0.39 is 0 Å². The third-order valence-electron chi connectivity index (χ3n) is 2.64. The number of amides is 1. The molecule has 1 aromatic heterocycles. The average molecular weight is 339 g/mol. The Morgan fingerprint density at radius 3 is 2.68 bits per heavy atom. The van der Waals surface area contributed by atoms with E-state index in [-0.39, 0.29) is 5.91 Å². The molecule has 2 aromatic rings. The molecule has 19 heavy (non-hydrogen) atoms. The molecule has 0 fully saturated rings. The molecule has 0 saturated heterocycles. The van der Waals surface area contributed by atoms with Gasteiger partial charge >= 0.3 is 0 Å². The minimum absolute atomic E-state index is 0.0722. The molecule has 0 aliphatic rings. The molecule has 0 radical (unpaired) electrons. The summed E-state index contributed by atoms with van der Waals surface area (Å²) in [5, 5.41) is 6.80. The summed E-state index contributed by atoms with van der Waals surface area (Å²) in [6, 6.07) is 7.79. The highest BCUT2D eigenvalue weighted by molar-refractivity contribution is 9.09.